The molecule has 2 aliphatic rings. The predicted octanol–water partition coefficient (Wildman–Crippen LogP) is 2.76. The topological polar surface area (TPSA) is 46.2 Å². The van der Waals surface area contributed by atoms with Gasteiger partial charge in [-0.3, -0.25) is 0 Å². The molecule has 0 radical (unpaired) electrons. The van der Waals surface area contributed by atoms with Crippen molar-refractivity contribution < 1.29 is 8.42 Å². The second-order valence-corrected chi connectivity index (χ2v) is 8.89. The van der Waals surface area contributed by atoms with Crippen LogP contribution in [0.5, 0.6) is 0 Å². The first-order valence-corrected chi connectivity index (χ1v) is 9.88. The third-order valence-electron chi connectivity index (χ3n) is 4.88. The van der Waals surface area contributed by atoms with Gasteiger partial charge in [-0.2, -0.15) is 0 Å². The lowest BCUT2D eigenvalue weighted by Gasteiger charge is -2.29. The van der Waals surface area contributed by atoms with E-state index in [0.29, 0.717) is 12.0 Å². The fraction of sp³-hybridized carbons (Fsp3) is 1.00. The standard InChI is InChI=1S/C15H29NO2S/c1-3-16-15(13-8-9-13)10-7-12-5-4-6-14(11-12)19(2,17)18/h12-16H,3-11H2,1-2H3. The highest BCUT2D eigenvalue weighted by molar-refractivity contribution is 7.91. The van der Waals surface area contributed by atoms with Crippen molar-refractivity contribution in [2.75, 3.05) is 12.8 Å². The summed E-state index contributed by atoms with van der Waals surface area (Å²) < 4.78 is 23.4. The molecule has 0 bridgehead atoms. The van der Waals surface area contributed by atoms with Gasteiger partial charge < -0.3 is 5.32 Å². The SMILES string of the molecule is CCNC(CCC1CCCC(S(C)(=O)=O)C1)C1CC1. The molecule has 0 saturated heterocycles. The van der Waals surface area contributed by atoms with Crippen LogP contribution in [0.15, 0.2) is 0 Å². The molecule has 0 aliphatic heterocycles. The second-order valence-electron chi connectivity index (χ2n) is 6.56. The summed E-state index contributed by atoms with van der Waals surface area (Å²) in [5.41, 5.74) is 0. The van der Waals surface area contributed by atoms with Crippen LogP contribution >= 0.6 is 0 Å². The van der Waals surface area contributed by atoms with Gasteiger partial charge in [0.2, 0.25) is 0 Å². The highest BCUT2D eigenvalue weighted by Crippen LogP contribution is 2.37. The van der Waals surface area contributed by atoms with Gasteiger partial charge >= 0.3 is 0 Å². The van der Waals surface area contributed by atoms with Crippen molar-refractivity contribution in [2.45, 2.75) is 69.6 Å². The summed E-state index contributed by atoms with van der Waals surface area (Å²) in [6.07, 6.45) is 10.7. The van der Waals surface area contributed by atoms with Crippen molar-refractivity contribution >= 4 is 9.84 Å². The first-order valence-electron chi connectivity index (χ1n) is 7.93. The van der Waals surface area contributed by atoms with Crippen LogP contribution in [0.25, 0.3) is 0 Å². The monoisotopic (exact) mass is 287 g/mol. The molecule has 2 fully saturated rings. The van der Waals surface area contributed by atoms with Crippen molar-refractivity contribution in [3.63, 3.8) is 0 Å². The van der Waals surface area contributed by atoms with E-state index in [9.17, 15) is 8.42 Å². The minimum Gasteiger partial charge on any atom is -0.314 e. The minimum absolute atomic E-state index is 0.0650. The number of sulfone groups is 1. The molecule has 1 N–H and O–H groups in total. The number of hydrogen-bond acceptors (Lipinski definition) is 3. The van der Waals surface area contributed by atoms with E-state index in [1.54, 1.807) is 0 Å². The lowest BCUT2D eigenvalue weighted by Crippen LogP contribution is -2.32. The van der Waals surface area contributed by atoms with Gasteiger partial charge in [-0.05, 0) is 56.9 Å². The van der Waals surface area contributed by atoms with Crippen LogP contribution in [0, 0.1) is 11.8 Å². The molecular weight excluding hydrogens is 258 g/mol. The smallest absolute Gasteiger partial charge is 0.150 e. The summed E-state index contributed by atoms with van der Waals surface area (Å²) in [4.78, 5) is 0. The summed E-state index contributed by atoms with van der Waals surface area (Å²) in [7, 11) is -2.83. The van der Waals surface area contributed by atoms with E-state index in [0.717, 1.165) is 31.7 Å². The molecule has 2 rings (SSSR count). The van der Waals surface area contributed by atoms with Gasteiger partial charge in [0.25, 0.3) is 0 Å². The fourth-order valence-corrected chi connectivity index (χ4v) is 4.79. The Bertz CT molecular complexity index is 376. The van der Waals surface area contributed by atoms with Gasteiger partial charge in [0, 0.05) is 12.3 Å². The van der Waals surface area contributed by atoms with Crippen LogP contribution in [0.4, 0.5) is 0 Å². The second kappa shape index (κ2) is 6.57. The molecule has 3 nitrogen and oxygen atoms in total. The molecule has 0 aromatic rings. The Morgan fingerprint density at radius 3 is 2.53 bits per heavy atom. The number of hydrogen-bond donors (Lipinski definition) is 1. The Hall–Kier alpha value is -0.0900. The van der Waals surface area contributed by atoms with Crippen LogP contribution in [-0.4, -0.2) is 32.5 Å². The first kappa shape index (κ1) is 15.3. The minimum atomic E-state index is -2.83. The van der Waals surface area contributed by atoms with Gasteiger partial charge in [-0.25, -0.2) is 8.42 Å². The van der Waals surface area contributed by atoms with Crippen LogP contribution in [0.2, 0.25) is 0 Å². The summed E-state index contributed by atoms with van der Waals surface area (Å²) in [5, 5.41) is 3.54. The molecule has 3 unspecified atom stereocenters. The van der Waals surface area contributed by atoms with Gasteiger partial charge in [0.05, 0.1) is 5.25 Å². The fourth-order valence-electron chi connectivity index (χ4n) is 3.57. The first-order chi connectivity index (χ1) is 9.00. The predicted molar refractivity (Wildman–Crippen MR) is 80.0 cm³/mol. The Morgan fingerprint density at radius 2 is 1.95 bits per heavy atom. The van der Waals surface area contributed by atoms with Crippen molar-refractivity contribution in [3.05, 3.63) is 0 Å². The van der Waals surface area contributed by atoms with Crippen LogP contribution in [0.1, 0.15) is 58.3 Å². The molecule has 4 heteroatoms. The van der Waals surface area contributed by atoms with Gasteiger partial charge in [0.15, 0.2) is 0 Å². The summed E-state index contributed by atoms with van der Waals surface area (Å²) in [6.45, 7) is 3.23. The average molecular weight is 287 g/mol. The molecule has 2 aliphatic carbocycles. The van der Waals surface area contributed by atoms with Crippen molar-refractivity contribution in [3.8, 4) is 0 Å². The maximum absolute atomic E-state index is 11.7. The maximum atomic E-state index is 11.7. The van der Waals surface area contributed by atoms with Gasteiger partial charge in [-0.15, -0.1) is 0 Å². The number of nitrogens with one attached hydrogen (secondary N) is 1. The molecule has 3 atom stereocenters. The van der Waals surface area contributed by atoms with E-state index >= 15 is 0 Å². The Morgan fingerprint density at radius 1 is 1.21 bits per heavy atom. The molecule has 0 amide bonds. The lowest BCUT2D eigenvalue weighted by atomic mass is 9.84. The quantitative estimate of drug-likeness (QED) is 0.783. The van der Waals surface area contributed by atoms with E-state index in [4.69, 9.17) is 0 Å². The third-order valence-corrected chi connectivity index (χ3v) is 6.52. The van der Waals surface area contributed by atoms with Crippen molar-refractivity contribution in [1.82, 2.24) is 5.32 Å². The molecule has 19 heavy (non-hydrogen) atoms. The zero-order valence-electron chi connectivity index (χ0n) is 12.4. The molecule has 0 heterocycles. The highest BCUT2D eigenvalue weighted by Gasteiger charge is 2.32. The van der Waals surface area contributed by atoms with Crippen LogP contribution < -0.4 is 5.32 Å². The Kier molecular flexibility index (Phi) is 5.29. The Balaban J connectivity index is 1.78. The zero-order chi connectivity index (χ0) is 13.9. The maximum Gasteiger partial charge on any atom is 0.150 e. The molecule has 0 aromatic carbocycles. The molecular formula is C15H29NO2S. The molecule has 0 spiro atoms. The lowest BCUT2D eigenvalue weighted by molar-refractivity contribution is 0.306. The van der Waals surface area contributed by atoms with Crippen molar-refractivity contribution in [2.24, 2.45) is 11.8 Å². The zero-order valence-corrected chi connectivity index (χ0v) is 13.2. The van der Waals surface area contributed by atoms with E-state index < -0.39 is 9.84 Å². The van der Waals surface area contributed by atoms with E-state index in [1.807, 2.05) is 0 Å². The van der Waals surface area contributed by atoms with Gasteiger partial charge in [0.1, 0.15) is 9.84 Å². The highest BCUT2D eigenvalue weighted by atomic mass is 32.2. The third kappa shape index (κ3) is 4.75. The molecule has 112 valence electrons. The summed E-state index contributed by atoms with van der Waals surface area (Å²) in [6, 6.07) is 0.684. The van der Waals surface area contributed by atoms with E-state index in [-0.39, 0.29) is 5.25 Å². The Labute approximate surface area is 118 Å². The largest absolute Gasteiger partial charge is 0.314 e. The average Bonchev–Trinajstić information content (AvgIpc) is 3.18. The van der Waals surface area contributed by atoms with Crippen LogP contribution in [0.3, 0.4) is 0 Å². The normalized spacial score (nSPS) is 30.2. The summed E-state index contributed by atoms with van der Waals surface area (Å²) in [5.74, 6) is 1.53. The van der Waals surface area contributed by atoms with Crippen LogP contribution in [-0.2, 0) is 9.84 Å². The number of rotatable bonds is 7. The summed E-state index contributed by atoms with van der Waals surface area (Å²) >= 11 is 0. The van der Waals surface area contributed by atoms with Crippen molar-refractivity contribution in [1.29, 1.82) is 0 Å². The molecule has 0 aromatic heterocycles. The van der Waals surface area contributed by atoms with E-state index in [1.165, 1.54) is 38.4 Å². The van der Waals surface area contributed by atoms with E-state index in [2.05, 4.69) is 12.2 Å². The molecule has 2 saturated carbocycles. The van der Waals surface area contributed by atoms with Gasteiger partial charge in [-0.1, -0.05) is 19.8 Å².